The van der Waals surface area contributed by atoms with Crippen molar-refractivity contribution in [3.63, 3.8) is 0 Å². The van der Waals surface area contributed by atoms with Crippen molar-refractivity contribution in [3.8, 4) is 0 Å². The molecule has 6 heteroatoms. The Kier molecular flexibility index (Phi) is 12.0. The van der Waals surface area contributed by atoms with E-state index in [4.69, 9.17) is 13.3 Å². The van der Waals surface area contributed by atoms with Gasteiger partial charge in [0.25, 0.3) is 0 Å². The van der Waals surface area contributed by atoms with Gasteiger partial charge in [0, 0.05) is 19.8 Å². The van der Waals surface area contributed by atoms with Crippen LogP contribution >= 0.6 is 0 Å². The van der Waals surface area contributed by atoms with Gasteiger partial charge in [0.05, 0.1) is 7.18 Å². The second-order valence-corrected chi connectivity index (χ2v) is 3.74. The second-order valence-electron chi connectivity index (χ2n) is 1.82. The van der Waals surface area contributed by atoms with Gasteiger partial charge in [-0.25, -0.2) is 0 Å². The fourth-order valence-corrected chi connectivity index (χ4v) is 2.02. The molecule has 0 saturated carbocycles. The summed E-state index contributed by atoms with van der Waals surface area (Å²) in [4.78, 5) is 9.48. The lowest BCUT2D eigenvalue weighted by Crippen LogP contribution is -2.46. The molecule has 0 amide bonds. The van der Waals surface area contributed by atoms with Crippen LogP contribution in [-0.4, -0.2) is 40.8 Å². The van der Waals surface area contributed by atoms with Crippen LogP contribution in [0.5, 0.6) is 0 Å². The Bertz CT molecular complexity index is 87.5. The van der Waals surface area contributed by atoms with E-state index in [0.717, 1.165) is 0 Å². The zero-order chi connectivity index (χ0) is 10.7. The highest BCUT2D eigenvalue weighted by Crippen LogP contribution is 2.04. The molecule has 0 aliphatic heterocycles. The van der Waals surface area contributed by atoms with E-state index in [1.165, 1.54) is 0 Å². The fourth-order valence-electron chi connectivity index (χ4n) is 0.672. The van der Waals surface area contributed by atoms with Crippen molar-refractivity contribution >= 4 is 9.05 Å². The van der Waals surface area contributed by atoms with Crippen LogP contribution in [-0.2, 0) is 13.3 Å². The minimum atomic E-state index is -3.25. The molecule has 0 heterocycles. The van der Waals surface area contributed by atoms with Crippen molar-refractivity contribution in [1.29, 1.82) is 0 Å². The number of rotatable bonds is 6. The van der Waals surface area contributed by atoms with E-state index in [1.54, 1.807) is 20.8 Å². The molecule has 0 saturated heterocycles. The third kappa shape index (κ3) is 8.32. The molecule has 0 unspecified atom stereocenters. The predicted octanol–water partition coefficient (Wildman–Crippen LogP) is 1.11. The third-order valence-electron chi connectivity index (χ3n) is 0.980. The summed E-state index contributed by atoms with van der Waals surface area (Å²) >= 11 is 0. The topological polar surface area (TPSA) is 47.9 Å². The van der Waals surface area contributed by atoms with Gasteiger partial charge in [-0.2, -0.15) is 0 Å². The second kappa shape index (κ2) is 10.1. The lowest BCUT2D eigenvalue weighted by Gasteiger charge is -2.20. The Hall–Kier alpha value is -0.0131. The van der Waals surface area contributed by atoms with Crippen LogP contribution in [0.4, 0.5) is 4.39 Å². The van der Waals surface area contributed by atoms with Crippen LogP contribution in [0, 0.1) is 0 Å². The van der Waals surface area contributed by atoms with Crippen LogP contribution in [0.25, 0.3) is 0 Å². The van der Waals surface area contributed by atoms with Gasteiger partial charge in [0.1, 0.15) is 0 Å². The van der Waals surface area contributed by atoms with Crippen molar-refractivity contribution < 1.29 is 22.5 Å². The van der Waals surface area contributed by atoms with Gasteiger partial charge in [-0.1, -0.05) is 0 Å². The van der Waals surface area contributed by atoms with Gasteiger partial charge >= 0.3 is 9.05 Å². The molecule has 13 heavy (non-hydrogen) atoms. The van der Waals surface area contributed by atoms with Gasteiger partial charge in [-0.3, -0.25) is 4.39 Å². The van der Waals surface area contributed by atoms with Crippen LogP contribution in [0.1, 0.15) is 20.8 Å². The lowest BCUT2D eigenvalue weighted by atomic mass is 10.9. The smallest absolute Gasteiger partial charge is 0.367 e. The molecule has 0 aromatic rings. The Balaban J connectivity index is 0. The summed E-state index contributed by atoms with van der Waals surface area (Å²) in [6, 6.07) is 0. The van der Waals surface area contributed by atoms with Crippen LogP contribution in [0.3, 0.4) is 0 Å². The Morgan fingerprint density at radius 2 is 1.15 bits per heavy atom. The molecule has 0 rings (SSSR count). The molecule has 0 spiro atoms. The average molecular weight is 214 g/mol. The lowest BCUT2D eigenvalue weighted by molar-refractivity contribution is 0.00146. The van der Waals surface area contributed by atoms with Gasteiger partial charge in [0.2, 0.25) is 0 Å². The summed E-state index contributed by atoms with van der Waals surface area (Å²) in [7, 11) is -2.75. The first kappa shape index (κ1) is 15.5. The fraction of sp³-hybridized carbons (Fsp3) is 1.00. The summed E-state index contributed by atoms with van der Waals surface area (Å²) in [5.74, 6) is 0. The minimum Gasteiger partial charge on any atom is -0.367 e. The molecule has 0 radical (unpaired) electrons. The molecule has 0 bridgehead atoms. The zero-order valence-electron chi connectivity index (χ0n) is 8.67. The van der Waals surface area contributed by atoms with Crippen LogP contribution < -0.4 is 0 Å². The van der Waals surface area contributed by atoms with E-state index in [0.29, 0.717) is 27.0 Å². The van der Waals surface area contributed by atoms with Crippen LogP contribution in [0.15, 0.2) is 0 Å². The molecule has 0 aromatic heterocycles. The first-order chi connectivity index (χ1) is 6.18. The summed E-state index contributed by atoms with van der Waals surface area (Å²) in [5.41, 5.74) is 0. The van der Waals surface area contributed by atoms with Crippen molar-refractivity contribution in [2.75, 3.05) is 27.0 Å². The Morgan fingerprint density at radius 1 is 0.923 bits per heavy atom. The maximum atomic E-state index is 9.50. The highest BCUT2D eigenvalue weighted by molar-refractivity contribution is 6.51. The van der Waals surface area contributed by atoms with E-state index < -0.39 is 9.05 Å². The quantitative estimate of drug-likeness (QED) is 0.673. The Morgan fingerprint density at radius 3 is 1.31 bits per heavy atom. The summed E-state index contributed by atoms with van der Waals surface area (Å²) in [6.07, 6.45) is 0. The summed E-state index contributed by atoms with van der Waals surface area (Å²) in [5, 5.41) is 0. The maximum absolute atomic E-state index is 9.50. The Labute approximate surface area is 80.1 Å². The SMILES string of the molecule is CCO[Si](O)(OCC)OCC.CF. The first-order valence-electron chi connectivity index (χ1n) is 4.20. The summed E-state index contributed by atoms with van der Waals surface area (Å²) in [6.45, 7) is 6.58. The molecule has 1 N–H and O–H groups in total. The van der Waals surface area contributed by atoms with Crippen molar-refractivity contribution in [3.05, 3.63) is 0 Å². The largest absolute Gasteiger partial charge is 0.676 e. The maximum Gasteiger partial charge on any atom is 0.676 e. The standard InChI is InChI=1S/C6H16O4Si.CH3F/c1-4-8-11(7,9-5-2)10-6-3;1-2/h7H,4-6H2,1-3H3;1H3. The van der Waals surface area contributed by atoms with Crippen LogP contribution in [0.2, 0.25) is 0 Å². The summed E-state index contributed by atoms with van der Waals surface area (Å²) < 4.78 is 24.4. The molecular weight excluding hydrogens is 195 g/mol. The van der Waals surface area contributed by atoms with Gasteiger partial charge in [0.15, 0.2) is 0 Å². The third-order valence-corrected chi connectivity index (χ3v) is 2.94. The number of hydrogen-bond donors (Lipinski definition) is 1. The first-order valence-corrected chi connectivity index (χ1v) is 5.87. The average Bonchev–Trinajstić information content (AvgIpc) is 2.09. The predicted molar refractivity (Wildman–Crippen MR) is 49.9 cm³/mol. The van der Waals surface area contributed by atoms with E-state index >= 15 is 0 Å². The molecule has 0 aromatic carbocycles. The van der Waals surface area contributed by atoms with Gasteiger partial charge in [-0.15, -0.1) is 0 Å². The molecule has 0 aliphatic rings. The minimum absolute atomic E-state index is 0.405. The molecule has 0 atom stereocenters. The van der Waals surface area contributed by atoms with E-state index in [9.17, 15) is 9.19 Å². The molecule has 0 aliphatic carbocycles. The molecular formula is C7H19FO4Si. The van der Waals surface area contributed by atoms with Gasteiger partial charge in [-0.05, 0) is 20.8 Å². The van der Waals surface area contributed by atoms with Crippen molar-refractivity contribution in [2.45, 2.75) is 20.8 Å². The normalized spacial score (nSPS) is 10.6. The van der Waals surface area contributed by atoms with E-state index in [2.05, 4.69) is 0 Å². The van der Waals surface area contributed by atoms with E-state index in [-0.39, 0.29) is 0 Å². The molecule has 82 valence electrons. The zero-order valence-corrected chi connectivity index (χ0v) is 9.67. The van der Waals surface area contributed by atoms with Crippen molar-refractivity contribution in [1.82, 2.24) is 0 Å². The molecule has 4 nitrogen and oxygen atoms in total. The molecule has 0 fully saturated rings. The number of hydrogen-bond acceptors (Lipinski definition) is 4. The number of alkyl halides is 1. The van der Waals surface area contributed by atoms with E-state index in [1.807, 2.05) is 0 Å². The van der Waals surface area contributed by atoms with Crippen molar-refractivity contribution in [2.24, 2.45) is 0 Å². The highest BCUT2D eigenvalue weighted by Gasteiger charge is 2.39. The monoisotopic (exact) mass is 214 g/mol. The number of halogens is 1. The van der Waals surface area contributed by atoms with Gasteiger partial charge < -0.3 is 18.1 Å². The highest BCUT2D eigenvalue weighted by atomic mass is 28.4.